The van der Waals surface area contributed by atoms with Crippen molar-refractivity contribution in [2.75, 3.05) is 13.2 Å². The van der Waals surface area contributed by atoms with Crippen molar-refractivity contribution in [2.45, 2.75) is 64.6 Å². The van der Waals surface area contributed by atoms with Crippen molar-refractivity contribution in [3.05, 3.63) is 0 Å². The van der Waals surface area contributed by atoms with E-state index in [9.17, 15) is 4.79 Å². The number of hydrogen-bond donors (Lipinski definition) is 1. The Bertz CT molecular complexity index is 251. The maximum Gasteiger partial charge on any atom is 0.326 e. The summed E-state index contributed by atoms with van der Waals surface area (Å²) in [5, 5.41) is 3.37. The molecular weight excluding hydrogens is 218 g/mol. The molecule has 0 saturated heterocycles. The standard InChI is InChI=1S/C13H25NO3/c1-5-16-12(15)13(4,14-11-6-7-11)8-9-17-10(2)3/h10-11,14H,5-9H2,1-4H3. The van der Waals surface area contributed by atoms with Crippen LogP contribution in [0.3, 0.4) is 0 Å². The molecule has 4 heteroatoms. The maximum absolute atomic E-state index is 12.0. The van der Waals surface area contributed by atoms with Crippen LogP contribution in [0.1, 0.15) is 47.0 Å². The van der Waals surface area contributed by atoms with E-state index >= 15 is 0 Å². The highest BCUT2D eigenvalue weighted by Crippen LogP contribution is 2.25. The van der Waals surface area contributed by atoms with Crippen molar-refractivity contribution >= 4 is 5.97 Å². The van der Waals surface area contributed by atoms with Crippen molar-refractivity contribution in [1.82, 2.24) is 5.32 Å². The predicted molar refractivity (Wildman–Crippen MR) is 66.9 cm³/mol. The third kappa shape index (κ3) is 5.04. The normalized spacial score (nSPS) is 19.1. The summed E-state index contributed by atoms with van der Waals surface area (Å²) in [5.41, 5.74) is -0.605. The molecule has 1 aliphatic rings. The third-order valence-electron chi connectivity index (χ3n) is 2.88. The van der Waals surface area contributed by atoms with Gasteiger partial charge in [0, 0.05) is 12.6 Å². The van der Waals surface area contributed by atoms with Gasteiger partial charge in [0.2, 0.25) is 0 Å². The van der Waals surface area contributed by atoms with Gasteiger partial charge in [0.15, 0.2) is 0 Å². The van der Waals surface area contributed by atoms with E-state index in [-0.39, 0.29) is 12.1 Å². The van der Waals surface area contributed by atoms with Gasteiger partial charge < -0.3 is 9.47 Å². The number of esters is 1. The van der Waals surface area contributed by atoms with Crippen molar-refractivity contribution in [3.63, 3.8) is 0 Å². The molecule has 17 heavy (non-hydrogen) atoms. The van der Waals surface area contributed by atoms with E-state index < -0.39 is 5.54 Å². The molecular formula is C13H25NO3. The average Bonchev–Trinajstić information content (AvgIpc) is 3.01. The third-order valence-corrected chi connectivity index (χ3v) is 2.88. The van der Waals surface area contributed by atoms with Crippen LogP contribution in [0, 0.1) is 0 Å². The second-order valence-corrected chi connectivity index (χ2v) is 5.14. The van der Waals surface area contributed by atoms with Crippen LogP contribution in [0.25, 0.3) is 0 Å². The molecule has 0 aliphatic heterocycles. The minimum Gasteiger partial charge on any atom is -0.465 e. The zero-order chi connectivity index (χ0) is 12.9. The Hall–Kier alpha value is -0.610. The Kier molecular flexibility index (Phi) is 5.40. The van der Waals surface area contributed by atoms with Gasteiger partial charge in [-0.05, 0) is 47.0 Å². The Labute approximate surface area is 104 Å². The summed E-state index contributed by atoms with van der Waals surface area (Å²) < 4.78 is 10.7. The fourth-order valence-electron chi connectivity index (χ4n) is 1.70. The van der Waals surface area contributed by atoms with Gasteiger partial charge in [-0.25, -0.2) is 0 Å². The Balaban J connectivity index is 2.47. The van der Waals surface area contributed by atoms with E-state index in [2.05, 4.69) is 5.32 Å². The fourth-order valence-corrected chi connectivity index (χ4v) is 1.70. The molecule has 0 bridgehead atoms. The molecule has 0 aromatic heterocycles. The Morgan fingerprint density at radius 1 is 1.47 bits per heavy atom. The molecule has 0 radical (unpaired) electrons. The smallest absolute Gasteiger partial charge is 0.326 e. The molecule has 100 valence electrons. The predicted octanol–water partition coefficient (Wildman–Crippen LogP) is 1.88. The Morgan fingerprint density at radius 2 is 2.12 bits per heavy atom. The van der Waals surface area contributed by atoms with Gasteiger partial charge in [-0.1, -0.05) is 0 Å². The van der Waals surface area contributed by atoms with Crippen molar-refractivity contribution in [1.29, 1.82) is 0 Å². The van der Waals surface area contributed by atoms with E-state index in [1.807, 2.05) is 27.7 Å². The van der Waals surface area contributed by atoms with Gasteiger partial charge in [0.05, 0.1) is 12.7 Å². The molecule has 1 aliphatic carbocycles. The van der Waals surface area contributed by atoms with Crippen LogP contribution in [0.5, 0.6) is 0 Å². The van der Waals surface area contributed by atoms with Crippen molar-refractivity contribution in [3.8, 4) is 0 Å². The number of hydrogen-bond acceptors (Lipinski definition) is 4. The van der Waals surface area contributed by atoms with Crippen LogP contribution in [-0.2, 0) is 14.3 Å². The van der Waals surface area contributed by atoms with Crippen LogP contribution in [0.15, 0.2) is 0 Å². The number of carbonyl (C=O) groups is 1. The molecule has 1 saturated carbocycles. The van der Waals surface area contributed by atoms with Crippen LogP contribution in [0.2, 0.25) is 0 Å². The first-order valence-corrected chi connectivity index (χ1v) is 6.54. The van der Waals surface area contributed by atoms with Crippen LogP contribution in [0.4, 0.5) is 0 Å². The number of rotatable bonds is 8. The molecule has 1 unspecified atom stereocenters. The molecule has 1 N–H and O–H groups in total. The quantitative estimate of drug-likeness (QED) is 0.661. The first kappa shape index (κ1) is 14.5. The van der Waals surface area contributed by atoms with Gasteiger partial charge >= 0.3 is 5.97 Å². The highest BCUT2D eigenvalue weighted by Gasteiger charge is 2.39. The van der Waals surface area contributed by atoms with E-state index in [0.29, 0.717) is 25.7 Å². The lowest BCUT2D eigenvalue weighted by Gasteiger charge is -2.29. The molecule has 4 nitrogen and oxygen atoms in total. The molecule has 1 fully saturated rings. The SMILES string of the molecule is CCOC(=O)C(C)(CCOC(C)C)NC1CC1. The van der Waals surface area contributed by atoms with E-state index in [4.69, 9.17) is 9.47 Å². The van der Waals surface area contributed by atoms with Gasteiger partial charge in [-0.3, -0.25) is 10.1 Å². The van der Waals surface area contributed by atoms with Crippen molar-refractivity contribution < 1.29 is 14.3 Å². The molecule has 0 heterocycles. The summed E-state index contributed by atoms with van der Waals surface area (Å²) in [6.45, 7) is 8.73. The minimum atomic E-state index is -0.605. The highest BCUT2D eigenvalue weighted by atomic mass is 16.5. The van der Waals surface area contributed by atoms with Crippen LogP contribution < -0.4 is 5.32 Å². The van der Waals surface area contributed by atoms with Gasteiger partial charge in [-0.15, -0.1) is 0 Å². The topological polar surface area (TPSA) is 47.6 Å². The lowest BCUT2D eigenvalue weighted by atomic mass is 9.98. The zero-order valence-corrected chi connectivity index (χ0v) is 11.4. The van der Waals surface area contributed by atoms with E-state index in [1.54, 1.807) is 0 Å². The van der Waals surface area contributed by atoms with Gasteiger partial charge in [-0.2, -0.15) is 0 Å². The molecule has 0 amide bonds. The van der Waals surface area contributed by atoms with E-state index in [0.717, 1.165) is 12.8 Å². The number of carbonyl (C=O) groups excluding carboxylic acids is 1. The summed E-state index contributed by atoms with van der Waals surface area (Å²) in [6, 6.07) is 0.475. The molecule has 0 aromatic rings. The Morgan fingerprint density at radius 3 is 2.59 bits per heavy atom. The van der Waals surface area contributed by atoms with E-state index in [1.165, 1.54) is 0 Å². The van der Waals surface area contributed by atoms with Gasteiger partial charge in [0.1, 0.15) is 5.54 Å². The number of nitrogens with one attached hydrogen (secondary N) is 1. The van der Waals surface area contributed by atoms with Gasteiger partial charge in [0.25, 0.3) is 0 Å². The molecule has 0 spiro atoms. The molecule has 1 rings (SSSR count). The van der Waals surface area contributed by atoms with Crippen LogP contribution in [-0.4, -0.2) is 36.9 Å². The van der Waals surface area contributed by atoms with Crippen LogP contribution >= 0.6 is 0 Å². The number of ether oxygens (including phenoxy) is 2. The summed E-state index contributed by atoms with van der Waals surface area (Å²) in [5.74, 6) is -0.167. The summed E-state index contributed by atoms with van der Waals surface area (Å²) in [4.78, 5) is 12.0. The average molecular weight is 243 g/mol. The lowest BCUT2D eigenvalue weighted by Crippen LogP contribution is -2.52. The fraction of sp³-hybridized carbons (Fsp3) is 0.923. The minimum absolute atomic E-state index is 0.167. The second-order valence-electron chi connectivity index (χ2n) is 5.14. The zero-order valence-electron chi connectivity index (χ0n) is 11.4. The lowest BCUT2D eigenvalue weighted by molar-refractivity contribution is -0.151. The summed E-state index contributed by atoms with van der Waals surface area (Å²) in [7, 11) is 0. The highest BCUT2D eigenvalue weighted by molar-refractivity contribution is 5.80. The summed E-state index contributed by atoms with van der Waals surface area (Å²) >= 11 is 0. The first-order valence-electron chi connectivity index (χ1n) is 6.54. The first-order chi connectivity index (χ1) is 7.98. The monoisotopic (exact) mass is 243 g/mol. The maximum atomic E-state index is 12.0. The molecule has 0 aromatic carbocycles. The summed E-state index contributed by atoms with van der Waals surface area (Å²) in [6.07, 6.45) is 3.16. The molecule has 1 atom stereocenters. The van der Waals surface area contributed by atoms with Crippen molar-refractivity contribution in [2.24, 2.45) is 0 Å². The second kappa shape index (κ2) is 6.36. The largest absolute Gasteiger partial charge is 0.465 e.